The Hall–Kier alpha value is 0.354. The molecule has 0 amide bonds. The van der Waals surface area contributed by atoms with Gasteiger partial charge in [-0.2, -0.15) is 0 Å². The molecule has 1 aliphatic rings. The predicted molar refractivity (Wildman–Crippen MR) is 59.7 cm³/mol. The second-order valence-electron chi connectivity index (χ2n) is 3.87. The van der Waals surface area contributed by atoms with Crippen molar-refractivity contribution in [3.63, 3.8) is 0 Å². The monoisotopic (exact) mass is 203 g/mol. The van der Waals surface area contributed by atoms with Gasteiger partial charge in [0, 0.05) is 23.3 Å². The topological polar surface area (TPSA) is 12.5 Å². The highest BCUT2D eigenvalue weighted by atomic mass is 28.2. The van der Waals surface area contributed by atoms with E-state index in [4.69, 9.17) is 4.74 Å². The molecule has 2 nitrogen and oxygen atoms in total. The molecule has 0 N–H and O–H groups in total. The summed E-state index contributed by atoms with van der Waals surface area (Å²) in [6, 6.07) is 3.01. The van der Waals surface area contributed by atoms with Crippen molar-refractivity contribution in [1.82, 2.24) is 4.57 Å². The Morgan fingerprint density at radius 2 is 2.00 bits per heavy atom. The quantitative estimate of drug-likeness (QED) is 0.567. The van der Waals surface area contributed by atoms with E-state index in [1.54, 1.807) is 0 Å². The zero-order valence-electron chi connectivity index (χ0n) is 8.55. The summed E-state index contributed by atoms with van der Waals surface area (Å²) in [5.41, 5.74) is 0. The van der Waals surface area contributed by atoms with Crippen LogP contribution in [0.2, 0.25) is 12.1 Å². The lowest BCUT2D eigenvalue weighted by molar-refractivity contribution is -0.0449. The van der Waals surface area contributed by atoms with Gasteiger partial charge in [-0.15, -0.1) is 0 Å². The summed E-state index contributed by atoms with van der Waals surface area (Å²) in [7, 11) is 1.48. The van der Waals surface area contributed by atoms with E-state index >= 15 is 0 Å². The first-order valence-electron chi connectivity index (χ1n) is 5.10. The molecule has 0 spiro atoms. The van der Waals surface area contributed by atoms with Crippen LogP contribution in [0.25, 0.3) is 0 Å². The molecule has 0 aromatic carbocycles. The van der Waals surface area contributed by atoms with Crippen molar-refractivity contribution in [3.8, 4) is 0 Å². The minimum absolute atomic E-state index is 0.0900. The Morgan fingerprint density at radius 1 is 1.42 bits per heavy atom. The first-order valence-corrected chi connectivity index (χ1v) is 8.15. The Bertz CT molecular complexity index is 124. The van der Waals surface area contributed by atoms with Crippen LogP contribution in [-0.4, -0.2) is 49.8 Å². The van der Waals surface area contributed by atoms with E-state index in [2.05, 4.69) is 18.4 Å². The molecule has 4 heteroatoms. The Labute approximate surface area is 81.0 Å². The minimum Gasteiger partial charge on any atom is -0.373 e. The first-order chi connectivity index (χ1) is 5.72. The summed E-state index contributed by atoms with van der Waals surface area (Å²) >= 11 is 0. The molecular weight excluding hydrogens is 182 g/mol. The molecule has 0 bridgehead atoms. The summed E-state index contributed by atoms with van der Waals surface area (Å²) < 4.78 is 8.36. The van der Waals surface area contributed by atoms with Crippen LogP contribution in [0.5, 0.6) is 0 Å². The van der Waals surface area contributed by atoms with Crippen molar-refractivity contribution in [2.24, 2.45) is 0 Å². The number of hydrogen-bond donors (Lipinski definition) is 0. The summed E-state index contributed by atoms with van der Waals surface area (Å²) in [6.07, 6.45) is 0.936. The van der Waals surface area contributed by atoms with Gasteiger partial charge >= 0.3 is 0 Å². The van der Waals surface area contributed by atoms with Crippen LogP contribution in [0.3, 0.4) is 0 Å². The standard InChI is InChI=1S/C8H21NOSi2/c1-7-5-9(12-4-3-11)6-8(2)10-7/h7-8H,3-6,12H2,1-2,11H3. The minimum atomic E-state index is 0.0900. The van der Waals surface area contributed by atoms with Crippen molar-refractivity contribution in [1.29, 1.82) is 0 Å². The van der Waals surface area contributed by atoms with Crippen LogP contribution in [0.4, 0.5) is 0 Å². The van der Waals surface area contributed by atoms with E-state index < -0.39 is 0 Å². The van der Waals surface area contributed by atoms with Crippen LogP contribution < -0.4 is 0 Å². The summed E-state index contributed by atoms with van der Waals surface area (Å²) in [4.78, 5) is 0. The van der Waals surface area contributed by atoms with E-state index in [9.17, 15) is 0 Å². The average Bonchev–Trinajstić information content (AvgIpc) is 1.99. The molecule has 2 atom stereocenters. The molecule has 1 rings (SSSR count). The Kier molecular flexibility index (Phi) is 4.49. The van der Waals surface area contributed by atoms with Crippen molar-refractivity contribution in [2.75, 3.05) is 13.1 Å². The molecule has 12 heavy (non-hydrogen) atoms. The molecule has 1 fully saturated rings. The Morgan fingerprint density at radius 3 is 2.50 bits per heavy atom. The average molecular weight is 203 g/mol. The van der Waals surface area contributed by atoms with Gasteiger partial charge in [-0.05, 0) is 13.8 Å². The van der Waals surface area contributed by atoms with Gasteiger partial charge in [0.1, 0.15) is 0 Å². The maximum atomic E-state index is 5.69. The van der Waals surface area contributed by atoms with Crippen LogP contribution in [-0.2, 0) is 4.74 Å². The maximum Gasteiger partial charge on any atom is 0.0950 e. The second kappa shape index (κ2) is 5.16. The molecule has 0 saturated carbocycles. The fraction of sp³-hybridized carbons (Fsp3) is 1.00. The highest BCUT2D eigenvalue weighted by Gasteiger charge is 2.20. The SMILES string of the molecule is CC1CN([SiH2]CC[SiH3])CC(C)O1. The highest BCUT2D eigenvalue weighted by Crippen LogP contribution is 2.09. The van der Waals surface area contributed by atoms with Crippen molar-refractivity contribution < 1.29 is 4.74 Å². The number of ether oxygens (including phenoxy) is 1. The van der Waals surface area contributed by atoms with E-state index in [0.717, 1.165) is 0 Å². The predicted octanol–water partition coefficient (Wildman–Crippen LogP) is -0.619. The van der Waals surface area contributed by atoms with E-state index in [1.807, 2.05) is 0 Å². The molecule has 1 aliphatic heterocycles. The van der Waals surface area contributed by atoms with Gasteiger partial charge in [0.2, 0.25) is 0 Å². The van der Waals surface area contributed by atoms with Gasteiger partial charge in [0.05, 0.1) is 21.9 Å². The molecule has 1 saturated heterocycles. The lowest BCUT2D eigenvalue weighted by Crippen LogP contribution is -2.46. The van der Waals surface area contributed by atoms with Gasteiger partial charge in [0.25, 0.3) is 0 Å². The van der Waals surface area contributed by atoms with Crippen LogP contribution in [0.15, 0.2) is 0 Å². The van der Waals surface area contributed by atoms with Gasteiger partial charge in [0.15, 0.2) is 0 Å². The summed E-state index contributed by atoms with van der Waals surface area (Å²) in [6.45, 7) is 6.77. The molecule has 72 valence electrons. The van der Waals surface area contributed by atoms with Gasteiger partial charge in [-0.3, -0.25) is 0 Å². The second-order valence-corrected chi connectivity index (χ2v) is 6.92. The van der Waals surface area contributed by atoms with E-state index in [0.29, 0.717) is 12.2 Å². The van der Waals surface area contributed by atoms with Crippen molar-refractivity contribution in [3.05, 3.63) is 0 Å². The zero-order chi connectivity index (χ0) is 8.97. The summed E-state index contributed by atoms with van der Waals surface area (Å²) in [5.74, 6) is 0. The highest BCUT2D eigenvalue weighted by molar-refractivity contribution is 6.33. The fourth-order valence-corrected chi connectivity index (χ4v) is 4.65. The molecular formula is C8H21NOSi2. The maximum absolute atomic E-state index is 5.69. The third-order valence-corrected chi connectivity index (χ3v) is 6.62. The van der Waals surface area contributed by atoms with Gasteiger partial charge in [-0.25, -0.2) is 0 Å². The molecule has 0 radical (unpaired) electrons. The Balaban J connectivity index is 2.24. The van der Waals surface area contributed by atoms with E-state index in [1.165, 1.54) is 35.4 Å². The number of morpholine rings is 1. The lowest BCUT2D eigenvalue weighted by atomic mass is 10.3. The van der Waals surface area contributed by atoms with Crippen molar-refractivity contribution in [2.45, 2.75) is 38.1 Å². The largest absolute Gasteiger partial charge is 0.373 e. The number of rotatable bonds is 3. The lowest BCUT2D eigenvalue weighted by Gasteiger charge is -2.35. The fourth-order valence-electron chi connectivity index (χ4n) is 1.85. The van der Waals surface area contributed by atoms with Crippen LogP contribution in [0.1, 0.15) is 13.8 Å². The molecule has 0 aromatic heterocycles. The molecule has 1 heterocycles. The van der Waals surface area contributed by atoms with Gasteiger partial charge < -0.3 is 9.30 Å². The molecule has 2 unspecified atom stereocenters. The van der Waals surface area contributed by atoms with Gasteiger partial charge in [-0.1, -0.05) is 12.1 Å². The van der Waals surface area contributed by atoms with Crippen molar-refractivity contribution >= 4 is 19.9 Å². The third kappa shape index (κ3) is 3.39. The normalized spacial score (nSPS) is 33.5. The number of hydrogen-bond acceptors (Lipinski definition) is 2. The van der Waals surface area contributed by atoms with Crippen LogP contribution in [0, 0.1) is 0 Å². The zero-order valence-corrected chi connectivity index (χ0v) is 12.0. The van der Waals surface area contributed by atoms with Crippen LogP contribution >= 0.6 is 0 Å². The number of nitrogens with zero attached hydrogens (tertiary/aromatic N) is 1. The summed E-state index contributed by atoms with van der Waals surface area (Å²) in [5, 5.41) is 0. The van der Waals surface area contributed by atoms with E-state index in [-0.39, 0.29) is 9.68 Å². The molecule has 0 aliphatic carbocycles. The first kappa shape index (κ1) is 10.4. The molecule has 0 aromatic rings. The smallest absolute Gasteiger partial charge is 0.0950 e. The third-order valence-electron chi connectivity index (χ3n) is 2.32.